The van der Waals surface area contributed by atoms with Crippen LogP contribution in [0.5, 0.6) is 0 Å². The summed E-state index contributed by atoms with van der Waals surface area (Å²) >= 11 is 0. The number of hydrogen-bond donors (Lipinski definition) is 4. The maximum Gasteiger partial charge on any atom is 0.326 e. The van der Waals surface area contributed by atoms with E-state index in [1.807, 2.05) is 0 Å². The normalized spacial score (nSPS) is 11.7. The third kappa shape index (κ3) is 4.59. The Hall–Kier alpha value is -2.58. The lowest BCUT2D eigenvalue weighted by atomic mass is 10.2. The van der Waals surface area contributed by atoms with E-state index in [0.29, 0.717) is 0 Å². The van der Waals surface area contributed by atoms with Crippen molar-refractivity contribution in [3.05, 3.63) is 17.5 Å². The van der Waals surface area contributed by atoms with Gasteiger partial charge in [0.1, 0.15) is 6.04 Å². The second-order valence-corrected chi connectivity index (χ2v) is 4.23. The van der Waals surface area contributed by atoms with Crippen molar-refractivity contribution in [1.29, 1.82) is 0 Å². The lowest BCUT2D eigenvalue weighted by Crippen LogP contribution is -2.46. The van der Waals surface area contributed by atoms with Gasteiger partial charge in [-0.2, -0.15) is 5.10 Å². The van der Waals surface area contributed by atoms with Crippen LogP contribution >= 0.6 is 0 Å². The highest BCUT2D eigenvalue weighted by Gasteiger charge is 2.22. The van der Waals surface area contributed by atoms with Gasteiger partial charge in [-0.05, 0) is 6.92 Å². The smallest absolute Gasteiger partial charge is 0.326 e. The molecule has 0 saturated carbocycles. The monoisotopic (exact) mass is 284 g/mol. The van der Waals surface area contributed by atoms with Crippen molar-refractivity contribution in [3.8, 4) is 0 Å². The lowest BCUT2D eigenvalue weighted by molar-refractivity contribution is -0.145. The number of carbonyl (C=O) groups excluding carboxylic acids is 1. The molecule has 0 bridgehead atoms. The van der Waals surface area contributed by atoms with Crippen LogP contribution in [0.1, 0.15) is 17.7 Å². The minimum absolute atomic E-state index is 0.172. The average Bonchev–Trinajstić information content (AvgIpc) is 2.63. The van der Waals surface area contributed by atoms with E-state index < -0.39 is 30.4 Å². The van der Waals surface area contributed by atoms with E-state index in [-0.39, 0.29) is 6.54 Å². The molecule has 20 heavy (non-hydrogen) atoms. The Morgan fingerprint density at radius 1 is 1.40 bits per heavy atom. The Balaban J connectivity index is 2.52. The topological polar surface area (TPSA) is 134 Å². The van der Waals surface area contributed by atoms with Gasteiger partial charge in [0.05, 0.1) is 12.1 Å². The van der Waals surface area contributed by atoms with Crippen molar-refractivity contribution in [2.45, 2.75) is 25.9 Å². The number of hydrogen-bond acceptors (Lipinski definition) is 4. The highest BCUT2D eigenvalue weighted by molar-refractivity contribution is 5.86. The lowest BCUT2D eigenvalue weighted by Gasteiger charge is -2.13. The quantitative estimate of drug-likeness (QED) is 0.554. The van der Waals surface area contributed by atoms with Gasteiger partial charge in [0, 0.05) is 25.4 Å². The van der Waals surface area contributed by atoms with Gasteiger partial charge in [0.15, 0.2) is 0 Å². The maximum absolute atomic E-state index is 11.5. The first-order valence-corrected chi connectivity index (χ1v) is 5.77. The molecule has 1 aromatic heterocycles. The molecule has 0 saturated heterocycles. The largest absolute Gasteiger partial charge is 0.481 e. The SMILES string of the molecule is Cc1nn(C)cc1CNC(=O)NC(CC(=O)O)C(=O)O. The molecule has 4 N–H and O–H groups in total. The fraction of sp³-hybridized carbons (Fsp3) is 0.455. The Morgan fingerprint density at radius 2 is 2.05 bits per heavy atom. The number of aliphatic carboxylic acids is 2. The van der Waals surface area contributed by atoms with Crippen molar-refractivity contribution in [1.82, 2.24) is 20.4 Å². The van der Waals surface area contributed by atoms with E-state index in [9.17, 15) is 14.4 Å². The van der Waals surface area contributed by atoms with Crippen molar-refractivity contribution >= 4 is 18.0 Å². The molecule has 0 aliphatic heterocycles. The summed E-state index contributed by atoms with van der Waals surface area (Å²) in [5.41, 5.74) is 1.53. The molecule has 0 aliphatic rings. The van der Waals surface area contributed by atoms with E-state index in [2.05, 4.69) is 15.7 Å². The maximum atomic E-state index is 11.5. The number of carbonyl (C=O) groups is 3. The highest BCUT2D eigenvalue weighted by atomic mass is 16.4. The molecule has 1 atom stereocenters. The second-order valence-electron chi connectivity index (χ2n) is 4.23. The number of urea groups is 1. The van der Waals surface area contributed by atoms with Gasteiger partial charge in [0.25, 0.3) is 0 Å². The number of carboxylic acid groups (broad SMARTS) is 2. The van der Waals surface area contributed by atoms with E-state index in [1.165, 1.54) is 0 Å². The van der Waals surface area contributed by atoms with Crippen molar-refractivity contribution in [2.24, 2.45) is 7.05 Å². The summed E-state index contributed by atoms with van der Waals surface area (Å²) in [6.45, 7) is 1.95. The van der Waals surface area contributed by atoms with Crippen LogP contribution in [-0.4, -0.2) is 44.0 Å². The molecule has 9 heteroatoms. The van der Waals surface area contributed by atoms with E-state index >= 15 is 0 Å². The van der Waals surface area contributed by atoms with Crippen LogP contribution in [0.4, 0.5) is 4.79 Å². The molecule has 1 unspecified atom stereocenters. The van der Waals surface area contributed by atoms with Gasteiger partial charge < -0.3 is 20.8 Å². The summed E-state index contributed by atoms with van der Waals surface area (Å²) in [5.74, 6) is -2.71. The third-order valence-electron chi connectivity index (χ3n) is 2.54. The van der Waals surface area contributed by atoms with Crippen LogP contribution in [0.15, 0.2) is 6.20 Å². The first kappa shape index (κ1) is 15.5. The predicted octanol–water partition coefficient (Wildman–Crippen LogP) is -0.544. The van der Waals surface area contributed by atoms with Gasteiger partial charge in [0.2, 0.25) is 0 Å². The molecule has 0 aliphatic carbocycles. The summed E-state index contributed by atoms with van der Waals surface area (Å²) < 4.78 is 1.59. The first-order valence-electron chi connectivity index (χ1n) is 5.77. The van der Waals surface area contributed by atoms with Gasteiger partial charge in [-0.1, -0.05) is 0 Å². The van der Waals surface area contributed by atoms with Crippen molar-refractivity contribution in [3.63, 3.8) is 0 Å². The van der Waals surface area contributed by atoms with Crippen LogP contribution < -0.4 is 10.6 Å². The average molecular weight is 284 g/mol. The molecule has 1 heterocycles. The number of aromatic nitrogens is 2. The number of carboxylic acids is 2. The zero-order chi connectivity index (χ0) is 15.3. The Kier molecular flexibility index (Phi) is 5.07. The van der Waals surface area contributed by atoms with Crippen LogP contribution in [-0.2, 0) is 23.2 Å². The zero-order valence-electron chi connectivity index (χ0n) is 11.1. The minimum Gasteiger partial charge on any atom is -0.481 e. The van der Waals surface area contributed by atoms with Crippen LogP contribution in [0.25, 0.3) is 0 Å². The van der Waals surface area contributed by atoms with Crippen molar-refractivity contribution in [2.75, 3.05) is 0 Å². The molecular formula is C11H16N4O5. The Morgan fingerprint density at radius 3 is 2.50 bits per heavy atom. The van der Waals surface area contributed by atoms with Gasteiger partial charge in [-0.25, -0.2) is 9.59 Å². The summed E-state index contributed by atoms with van der Waals surface area (Å²) in [6, 6.07) is -2.22. The number of rotatable bonds is 6. The first-order chi connectivity index (χ1) is 9.29. The summed E-state index contributed by atoms with van der Waals surface area (Å²) in [7, 11) is 1.74. The third-order valence-corrected chi connectivity index (χ3v) is 2.54. The van der Waals surface area contributed by atoms with Crippen molar-refractivity contribution < 1.29 is 24.6 Å². The number of aryl methyl sites for hydroxylation is 2. The van der Waals surface area contributed by atoms with E-state index in [0.717, 1.165) is 11.3 Å². The zero-order valence-corrected chi connectivity index (χ0v) is 11.1. The van der Waals surface area contributed by atoms with Crippen LogP contribution in [0, 0.1) is 6.92 Å². The number of amides is 2. The fourth-order valence-corrected chi connectivity index (χ4v) is 1.58. The fourth-order valence-electron chi connectivity index (χ4n) is 1.58. The van der Waals surface area contributed by atoms with Gasteiger partial charge >= 0.3 is 18.0 Å². The van der Waals surface area contributed by atoms with E-state index in [4.69, 9.17) is 10.2 Å². The summed E-state index contributed by atoms with van der Waals surface area (Å²) in [6.07, 6.45) is 1.04. The molecule has 0 aromatic carbocycles. The molecule has 0 spiro atoms. The Labute approximate surface area is 114 Å². The molecule has 0 fully saturated rings. The molecule has 0 radical (unpaired) electrons. The minimum atomic E-state index is -1.47. The molecule has 110 valence electrons. The number of nitrogens with zero attached hydrogens (tertiary/aromatic N) is 2. The molecule has 1 rings (SSSR count). The summed E-state index contributed by atoms with van der Waals surface area (Å²) in [4.78, 5) is 32.8. The number of nitrogens with one attached hydrogen (secondary N) is 2. The highest BCUT2D eigenvalue weighted by Crippen LogP contribution is 2.03. The molecule has 9 nitrogen and oxygen atoms in total. The van der Waals surface area contributed by atoms with Gasteiger partial charge in [-0.3, -0.25) is 9.48 Å². The molecule has 2 amide bonds. The summed E-state index contributed by atoms with van der Waals surface area (Å²) in [5, 5.41) is 26.0. The molecule has 1 aromatic rings. The van der Waals surface area contributed by atoms with Gasteiger partial charge in [-0.15, -0.1) is 0 Å². The molecular weight excluding hydrogens is 268 g/mol. The standard InChI is InChI=1S/C11H16N4O5/c1-6-7(5-15(2)14-6)4-12-11(20)13-8(10(18)19)3-9(16)17/h5,8H,3-4H2,1-2H3,(H,16,17)(H,18,19)(H2,12,13,20). The van der Waals surface area contributed by atoms with E-state index in [1.54, 1.807) is 24.9 Å². The van der Waals surface area contributed by atoms with Crippen LogP contribution in [0.3, 0.4) is 0 Å². The van der Waals surface area contributed by atoms with Crippen LogP contribution in [0.2, 0.25) is 0 Å². The second kappa shape index (κ2) is 6.55. The predicted molar refractivity (Wildman–Crippen MR) is 67.0 cm³/mol. The Bertz CT molecular complexity index is 525.